The molecule has 3 nitrogen and oxygen atoms in total. The van der Waals surface area contributed by atoms with Gasteiger partial charge in [0.25, 0.3) is 0 Å². The molecule has 0 aliphatic rings. The van der Waals surface area contributed by atoms with Crippen molar-refractivity contribution in [3.05, 3.63) is 34.4 Å². The largest absolute Gasteiger partial charge is 0.481 e. The fourth-order valence-corrected chi connectivity index (χ4v) is 1.49. The number of nitriles is 1. The first kappa shape index (κ1) is 10.3. The van der Waals surface area contributed by atoms with E-state index in [0.29, 0.717) is 5.56 Å². The van der Waals surface area contributed by atoms with E-state index in [2.05, 4.69) is 0 Å². The molecular weight excluding hydrogens is 178 g/mol. The zero-order valence-electron chi connectivity index (χ0n) is 8.16. The van der Waals surface area contributed by atoms with Gasteiger partial charge in [-0.15, -0.1) is 0 Å². The molecule has 1 aromatic rings. The average Bonchev–Trinajstić information content (AvgIpc) is 2.10. The SMILES string of the molecule is Cc1cc(C#N)cc(C)c1CC(=O)O. The predicted octanol–water partition coefficient (Wildman–Crippen LogP) is 1.80. The quantitative estimate of drug-likeness (QED) is 0.771. The lowest BCUT2D eigenvalue weighted by atomic mass is 9.97. The Morgan fingerprint density at radius 3 is 2.29 bits per heavy atom. The summed E-state index contributed by atoms with van der Waals surface area (Å²) in [6.07, 6.45) is 0.0172. The zero-order chi connectivity index (χ0) is 10.7. The molecule has 0 spiro atoms. The zero-order valence-corrected chi connectivity index (χ0v) is 8.16. The standard InChI is InChI=1S/C11H11NO2/c1-7-3-9(6-12)4-8(2)10(7)5-11(13)14/h3-4H,5H2,1-2H3,(H,13,14). The lowest BCUT2D eigenvalue weighted by Gasteiger charge is -2.07. The Hall–Kier alpha value is -1.82. The van der Waals surface area contributed by atoms with Crippen molar-refractivity contribution in [2.24, 2.45) is 0 Å². The molecule has 0 heterocycles. The van der Waals surface area contributed by atoms with Crippen LogP contribution in [0.2, 0.25) is 0 Å². The van der Waals surface area contributed by atoms with E-state index in [1.54, 1.807) is 12.1 Å². The molecule has 0 radical (unpaired) electrons. The normalized spacial score (nSPS) is 9.50. The van der Waals surface area contributed by atoms with Crippen molar-refractivity contribution < 1.29 is 9.90 Å². The molecule has 0 aliphatic carbocycles. The predicted molar refractivity (Wildman–Crippen MR) is 52.0 cm³/mol. The van der Waals surface area contributed by atoms with Crippen molar-refractivity contribution in [2.45, 2.75) is 20.3 Å². The van der Waals surface area contributed by atoms with Crippen LogP contribution in [0.5, 0.6) is 0 Å². The van der Waals surface area contributed by atoms with Crippen molar-refractivity contribution in [1.82, 2.24) is 0 Å². The van der Waals surface area contributed by atoms with E-state index in [1.807, 2.05) is 19.9 Å². The van der Waals surface area contributed by atoms with Gasteiger partial charge in [0, 0.05) is 0 Å². The second-order valence-corrected chi connectivity index (χ2v) is 3.27. The molecule has 72 valence electrons. The number of rotatable bonds is 2. The molecule has 0 fully saturated rings. The van der Waals surface area contributed by atoms with Gasteiger partial charge < -0.3 is 5.11 Å². The molecule has 0 aromatic heterocycles. The topological polar surface area (TPSA) is 61.1 Å². The number of aliphatic carboxylic acids is 1. The second-order valence-electron chi connectivity index (χ2n) is 3.27. The van der Waals surface area contributed by atoms with Crippen LogP contribution in [-0.2, 0) is 11.2 Å². The van der Waals surface area contributed by atoms with Gasteiger partial charge in [-0.25, -0.2) is 0 Å². The first-order valence-electron chi connectivity index (χ1n) is 4.26. The van der Waals surface area contributed by atoms with E-state index in [0.717, 1.165) is 16.7 Å². The van der Waals surface area contributed by atoms with Gasteiger partial charge in [0.05, 0.1) is 18.1 Å². The van der Waals surface area contributed by atoms with Crippen molar-refractivity contribution >= 4 is 5.97 Å². The number of carbonyl (C=O) groups is 1. The van der Waals surface area contributed by atoms with Gasteiger partial charge in [0.2, 0.25) is 0 Å². The number of benzene rings is 1. The third-order valence-electron chi connectivity index (χ3n) is 2.15. The van der Waals surface area contributed by atoms with Crippen molar-refractivity contribution in [1.29, 1.82) is 5.26 Å². The van der Waals surface area contributed by atoms with Crippen LogP contribution in [0.4, 0.5) is 0 Å². The monoisotopic (exact) mass is 189 g/mol. The molecule has 3 heteroatoms. The minimum Gasteiger partial charge on any atom is -0.481 e. The van der Waals surface area contributed by atoms with Crippen molar-refractivity contribution in [2.75, 3.05) is 0 Å². The molecule has 1 N–H and O–H groups in total. The van der Waals surface area contributed by atoms with E-state index in [9.17, 15) is 4.79 Å². The van der Waals surface area contributed by atoms with Crippen LogP contribution < -0.4 is 0 Å². The van der Waals surface area contributed by atoms with Gasteiger partial charge in [-0.1, -0.05) is 0 Å². The van der Waals surface area contributed by atoms with E-state index in [1.165, 1.54) is 0 Å². The minimum absolute atomic E-state index is 0.0172. The lowest BCUT2D eigenvalue weighted by Crippen LogP contribution is -2.04. The fraction of sp³-hybridized carbons (Fsp3) is 0.273. The number of aryl methyl sites for hydroxylation is 2. The van der Waals surface area contributed by atoms with Gasteiger partial charge in [0.1, 0.15) is 0 Å². The minimum atomic E-state index is -0.846. The van der Waals surface area contributed by atoms with Gasteiger partial charge in [0.15, 0.2) is 0 Å². The molecule has 0 atom stereocenters. The summed E-state index contributed by atoms with van der Waals surface area (Å²) < 4.78 is 0. The van der Waals surface area contributed by atoms with E-state index < -0.39 is 5.97 Å². The Morgan fingerprint density at radius 2 is 1.93 bits per heavy atom. The highest BCUT2D eigenvalue weighted by Crippen LogP contribution is 2.16. The van der Waals surface area contributed by atoms with E-state index in [4.69, 9.17) is 10.4 Å². The Morgan fingerprint density at radius 1 is 1.43 bits per heavy atom. The van der Waals surface area contributed by atoms with Crippen LogP contribution in [0, 0.1) is 25.2 Å². The molecular formula is C11H11NO2. The maximum Gasteiger partial charge on any atom is 0.307 e. The van der Waals surface area contributed by atoms with Crippen LogP contribution in [0.15, 0.2) is 12.1 Å². The van der Waals surface area contributed by atoms with Gasteiger partial charge in [-0.05, 0) is 42.7 Å². The summed E-state index contributed by atoms with van der Waals surface area (Å²) in [6, 6.07) is 5.47. The Labute approximate surface area is 82.6 Å². The number of hydrogen-bond acceptors (Lipinski definition) is 2. The summed E-state index contributed by atoms with van der Waals surface area (Å²) in [7, 11) is 0. The number of hydrogen-bond donors (Lipinski definition) is 1. The second kappa shape index (κ2) is 3.93. The highest BCUT2D eigenvalue weighted by Gasteiger charge is 2.08. The van der Waals surface area contributed by atoms with Crippen LogP contribution in [0.1, 0.15) is 22.3 Å². The van der Waals surface area contributed by atoms with Crippen LogP contribution in [0.3, 0.4) is 0 Å². The molecule has 0 aliphatic heterocycles. The van der Waals surface area contributed by atoms with Crippen molar-refractivity contribution in [3.63, 3.8) is 0 Å². The van der Waals surface area contributed by atoms with E-state index in [-0.39, 0.29) is 6.42 Å². The molecule has 0 unspecified atom stereocenters. The summed E-state index contributed by atoms with van der Waals surface area (Å²) in [6.45, 7) is 3.65. The molecule has 0 saturated carbocycles. The first-order valence-corrected chi connectivity index (χ1v) is 4.26. The third-order valence-corrected chi connectivity index (χ3v) is 2.15. The number of carboxylic acid groups (broad SMARTS) is 1. The molecule has 14 heavy (non-hydrogen) atoms. The molecule has 1 aromatic carbocycles. The van der Waals surface area contributed by atoms with Gasteiger partial charge in [-0.3, -0.25) is 4.79 Å². The lowest BCUT2D eigenvalue weighted by molar-refractivity contribution is -0.136. The molecule has 0 bridgehead atoms. The molecule has 1 rings (SSSR count). The maximum atomic E-state index is 10.6. The highest BCUT2D eigenvalue weighted by molar-refractivity contribution is 5.71. The Kier molecular flexibility index (Phi) is 2.88. The molecule has 0 amide bonds. The van der Waals surface area contributed by atoms with Crippen LogP contribution in [-0.4, -0.2) is 11.1 Å². The summed E-state index contributed by atoms with van der Waals surface area (Å²) in [5.41, 5.74) is 3.11. The van der Waals surface area contributed by atoms with Gasteiger partial charge in [-0.2, -0.15) is 5.26 Å². The first-order chi connectivity index (χ1) is 6.54. The highest BCUT2D eigenvalue weighted by atomic mass is 16.4. The fourth-order valence-electron chi connectivity index (χ4n) is 1.49. The van der Waals surface area contributed by atoms with Gasteiger partial charge >= 0.3 is 5.97 Å². The summed E-state index contributed by atoms with van der Waals surface area (Å²) >= 11 is 0. The number of carboxylic acids is 1. The van der Waals surface area contributed by atoms with Crippen LogP contribution >= 0.6 is 0 Å². The number of nitrogens with zero attached hydrogens (tertiary/aromatic N) is 1. The van der Waals surface area contributed by atoms with Crippen molar-refractivity contribution in [3.8, 4) is 6.07 Å². The smallest absolute Gasteiger partial charge is 0.307 e. The summed E-state index contributed by atoms with van der Waals surface area (Å²) in [5, 5.41) is 17.4. The third kappa shape index (κ3) is 2.11. The average molecular weight is 189 g/mol. The maximum absolute atomic E-state index is 10.6. The Bertz CT molecular complexity index is 393. The van der Waals surface area contributed by atoms with E-state index >= 15 is 0 Å². The molecule has 0 saturated heterocycles. The van der Waals surface area contributed by atoms with Crippen LogP contribution in [0.25, 0.3) is 0 Å². The summed E-state index contributed by atoms with van der Waals surface area (Å²) in [5.74, 6) is -0.846. The Balaban J connectivity index is 3.19. The summed E-state index contributed by atoms with van der Waals surface area (Å²) in [4.78, 5) is 10.6.